The highest BCUT2D eigenvalue weighted by Crippen LogP contribution is 2.28. The highest BCUT2D eigenvalue weighted by Gasteiger charge is 2.26. The number of ketones is 1. The maximum absolute atomic E-state index is 12.7. The number of nitrogens with zero attached hydrogens (tertiary/aromatic N) is 1. The van der Waals surface area contributed by atoms with E-state index in [0.717, 1.165) is 50.1 Å². The summed E-state index contributed by atoms with van der Waals surface area (Å²) in [5, 5.41) is 0. The van der Waals surface area contributed by atoms with Crippen LogP contribution < -0.4 is 4.74 Å². The predicted molar refractivity (Wildman–Crippen MR) is 101 cm³/mol. The van der Waals surface area contributed by atoms with Crippen molar-refractivity contribution in [3.05, 3.63) is 65.2 Å². The van der Waals surface area contributed by atoms with Gasteiger partial charge in [-0.25, -0.2) is 0 Å². The molecule has 0 fully saturated rings. The predicted octanol–water partition coefficient (Wildman–Crippen LogP) is 4.00. The van der Waals surface area contributed by atoms with Crippen LogP contribution in [0.1, 0.15) is 34.3 Å². The fourth-order valence-corrected chi connectivity index (χ4v) is 3.43. The van der Waals surface area contributed by atoms with Crippen molar-refractivity contribution in [3.63, 3.8) is 0 Å². The van der Waals surface area contributed by atoms with Crippen LogP contribution in [0, 0.1) is 5.92 Å². The largest absolute Gasteiger partial charge is 0.494 e. The van der Waals surface area contributed by atoms with Crippen molar-refractivity contribution >= 4 is 5.78 Å². The van der Waals surface area contributed by atoms with Crippen molar-refractivity contribution in [3.8, 4) is 5.75 Å². The molecule has 0 saturated heterocycles. The van der Waals surface area contributed by atoms with Crippen LogP contribution in [0.25, 0.3) is 0 Å². The second-order valence-electron chi connectivity index (χ2n) is 7.11. The van der Waals surface area contributed by atoms with Gasteiger partial charge in [0.05, 0.1) is 6.61 Å². The van der Waals surface area contributed by atoms with Crippen LogP contribution in [0.15, 0.2) is 48.5 Å². The molecule has 25 heavy (non-hydrogen) atoms. The molecule has 3 heteroatoms. The third-order valence-corrected chi connectivity index (χ3v) is 4.84. The number of ether oxygens (including phenoxy) is 1. The first-order chi connectivity index (χ1) is 12.1. The van der Waals surface area contributed by atoms with E-state index >= 15 is 0 Å². The number of fused-ring (bicyclic) bond motifs is 1. The van der Waals surface area contributed by atoms with Gasteiger partial charge in [-0.1, -0.05) is 36.4 Å². The monoisotopic (exact) mass is 337 g/mol. The molecule has 0 bridgehead atoms. The van der Waals surface area contributed by atoms with E-state index in [0.29, 0.717) is 5.78 Å². The van der Waals surface area contributed by atoms with Gasteiger partial charge in [0.25, 0.3) is 0 Å². The highest BCUT2D eigenvalue weighted by molar-refractivity contribution is 6.00. The number of hydrogen-bond donors (Lipinski definition) is 0. The molecule has 0 spiro atoms. The van der Waals surface area contributed by atoms with Crippen molar-refractivity contribution in [2.24, 2.45) is 5.92 Å². The Hall–Kier alpha value is -2.13. The van der Waals surface area contributed by atoms with Gasteiger partial charge in [0.2, 0.25) is 0 Å². The Balaban J connectivity index is 1.54. The van der Waals surface area contributed by atoms with E-state index < -0.39 is 0 Å². The summed E-state index contributed by atoms with van der Waals surface area (Å²) in [5.41, 5.74) is 3.32. The van der Waals surface area contributed by atoms with Gasteiger partial charge < -0.3 is 9.64 Å². The molecule has 0 aliphatic heterocycles. The van der Waals surface area contributed by atoms with Gasteiger partial charge in [-0.2, -0.15) is 0 Å². The fraction of sp³-hybridized carbons (Fsp3) is 0.409. The molecule has 0 heterocycles. The van der Waals surface area contributed by atoms with Crippen molar-refractivity contribution in [2.45, 2.75) is 25.7 Å². The van der Waals surface area contributed by atoms with E-state index in [1.807, 2.05) is 30.3 Å². The van der Waals surface area contributed by atoms with E-state index in [4.69, 9.17) is 4.74 Å². The Morgan fingerprint density at radius 1 is 1.08 bits per heavy atom. The molecule has 1 atom stereocenters. The van der Waals surface area contributed by atoms with E-state index in [1.54, 1.807) is 0 Å². The van der Waals surface area contributed by atoms with Crippen molar-refractivity contribution in [1.82, 2.24) is 4.90 Å². The highest BCUT2D eigenvalue weighted by atomic mass is 16.5. The molecular formula is C22H27NO2. The Labute approximate surface area is 150 Å². The summed E-state index contributed by atoms with van der Waals surface area (Å²) < 4.78 is 5.78. The smallest absolute Gasteiger partial charge is 0.166 e. The molecule has 132 valence electrons. The maximum atomic E-state index is 12.7. The minimum absolute atomic E-state index is 0.0989. The molecule has 0 aromatic heterocycles. The zero-order valence-electron chi connectivity index (χ0n) is 15.2. The Kier molecular flexibility index (Phi) is 5.87. The Bertz CT molecular complexity index is 706. The first-order valence-corrected chi connectivity index (χ1v) is 9.12. The third-order valence-electron chi connectivity index (χ3n) is 4.84. The molecule has 1 aliphatic rings. The lowest BCUT2D eigenvalue weighted by atomic mass is 9.80. The van der Waals surface area contributed by atoms with E-state index in [9.17, 15) is 4.79 Å². The van der Waals surface area contributed by atoms with E-state index in [2.05, 4.69) is 37.2 Å². The molecule has 1 aliphatic carbocycles. The molecule has 0 radical (unpaired) electrons. The van der Waals surface area contributed by atoms with Gasteiger partial charge >= 0.3 is 0 Å². The van der Waals surface area contributed by atoms with Gasteiger partial charge in [-0.15, -0.1) is 0 Å². The summed E-state index contributed by atoms with van der Waals surface area (Å²) in [6, 6.07) is 16.2. The summed E-state index contributed by atoms with van der Waals surface area (Å²) >= 11 is 0. The van der Waals surface area contributed by atoms with Crippen LogP contribution in [-0.4, -0.2) is 37.9 Å². The number of rotatable bonds is 7. The molecule has 0 N–H and O–H groups in total. The quantitative estimate of drug-likeness (QED) is 0.715. The van der Waals surface area contributed by atoms with Gasteiger partial charge in [0.1, 0.15) is 5.75 Å². The first kappa shape index (κ1) is 17.7. The lowest BCUT2D eigenvalue weighted by Gasteiger charge is -2.23. The fourth-order valence-electron chi connectivity index (χ4n) is 3.43. The Morgan fingerprint density at radius 2 is 1.84 bits per heavy atom. The molecule has 2 aromatic rings. The lowest BCUT2D eigenvalue weighted by Crippen LogP contribution is -2.24. The van der Waals surface area contributed by atoms with E-state index in [-0.39, 0.29) is 5.92 Å². The summed E-state index contributed by atoms with van der Waals surface area (Å²) in [5.74, 6) is 1.30. The third kappa shape index (κ3) is 4.70. The standard InChI is InChI=1S/C22H27NO2/c1-23(2)14-5-15-25-20-12-8-17(9-13-20)16-19-11-10-18-6-3-4-7-21(18)22(19)24/h3-4,6-9,12-13,19H,5,10-11,14-16H2,1-2H3. The number of aryl methyl sites for hydroxylation is 1. The van der Waals surface area contributed by atoms with Gasteiger partial charge in [0, 0.05) is 18.0 Å². The zero-order chi connectivity index (χ0) is 17.6. The number of benzene rings is 2. The van der Waals surface area contributed by atoms with Crippen molar-refractivity contribution in [2.75, 3.05) is 27.2 Å². The van der Waals surface area contributed by atoms with Gasteiger partial charge in [-0.05, 0) is 63.0 Å². The van der Waals surface area contributed by atoms with Crippen molar-refractivity contribution in [1.29, 1.82) is 0 Å². The van der Waals surface area contributed by atoms with Crippen molar-refractivity contribution < 1.29 is 9.53 Å². The molecule has 2 aromatic carbocycles. The first-order valence-electron chi connectivity index (χ1n) is 9.12. The average molecular weight is 337 g/mol. The van der Waals surface area contributed by atoms with Crippen LogP contribution in [0.5, 0.6) is 5.75 Å². The molecule has 1 unspecified atom stereocenters. The minimum Gasteiger partial charge on any atom is -0.494 e. The lowest BCUT2D eigenvalue weighted by molar-refractivity contribution is 0.0901. The van der Waals surface area contributed by atoms with Gasteiger partial charge in [0.15, 0.2) is 5.78 Å². The molecular weight excluding hydrogens is 310 g/mol. The maximum Gasteiger partial charge on any atom is 0.166 e. The van der Waals surface area contributed by atoms with Crippen LogP contribution in [0.3, 0.4) is 0 Å². The van der Waals surface area contributed by atoms with Crippen LogP contribution in [0.2, 0.25) is 0 Å². The second kappa shape index (κ2) is 8.30. The summed E-state index contributed by atoms with van der Waals surface area (Å²) in [6.07, 6.45) is 3.77. The van der Waals surface area contributed by atoms with Crippen LogP contribution in [-0.2, 0) is 12.8 Å². The summed E-state index contributed by atoms with van der Waals surface area (Å²) in [7, 11) is 4.14. The summed E-state index contributed by atoms with van der Waals surface area (Å²) in [4.78, 5) is 14.8. The average Bonchev–Trinajstić information content (AvgIpc) is 2.62. The molecule has 0 saturated carbocycles. The Morgan fingerprint density at radius 3 is 2.60 bits per heavy atom. The number of carbonyl (C=O) groups is 1. The molecule has 3 rings (SSSR count). The SMILES string of the molecule is CN(C)CCCOc1ccc(CC2CCc3ccccc3C2=O)cc1. The second-order valence-corrected chi connectivity index (χ2v) is 7.11. The zero-order valence-corrected chi connectivity index (χ0v) is 15.2. The van der Waals surface area contributed by atoms with Crippen LogP contribution in [0.4, 0.5) is 0 Å². The number of carbonyl (C=O) groups excluding carboxylic acids is 1. The topological polar surface area (TPSA) is 29.5 Å². The number of hydrogen-bond acceptors (Lipinski definition) is 3. The number of Topliss-reactive ketones (excluding diaryl/α,β-unsaturated/α-hetero) is 1. The summed E-state index contributed by atoms with van der Waals surface area (Å²) in [6.45, 7) is 1.76. The van der Waals surface area contributed by atoms with Crippen LogP contribution >= 0.6 is 0 Å². The van der Waals surface area contributed by atoms with E-state index in [1.165, 1.54) is 11.1 Å². The minimum atomic E-state index is 0.0989. The normalized spacial score (nSPS) is 16.8. The van der Waals surface area contributed by atoms with Gasteiger partial charge in [-0.3, -0.25) is 4.79 Å². The molecule has 0 amide bonds. The molecule has 3 nitrogen and oxygen atoms in total.